The van der Waals surface area contributed by atoms with Crippen LogP contribution >= 0.6 is 15.9 Å². The van der Waals surface area contributed by atoms with E-state index in [1.807, 2.05) is 6.92 Å². The normalized spacial score (nSPS) is 11.8. The van der Waals surface area contributed by atoms with Gasteiger partial charge in [0.05, 0.1) is 18.8 Å². The predicted octanol–water partition coefficient (Wildman–Crippen LogP) is 3.20. The van der Waals surface area contributed by atoms with Crippen molar-refractivity contribution in [2.75, 3.05) is 13.2 Å². The van der Waals surface area contributed by atoms with E-state index in [1.165, 1.54) is 0 Å². The lowest BCUT2D eigenvalue weighted by Gasteiger charge is -2.13. The molecular formula is C14H18BrNO4. The Morgan fingerprint density at radius 3 is 2.30 bits per heavy atom. The van der Waals surface area contributed by atoms with Crippen molar-refractivity contribution in [3.05, 3.63) is 28.6 Å². The topological polar surface area (TPSA) is 65.5 Å². The van der Waals surface area contributed by atoms with Gasteiger partial charge in [-0.3, -0.25) is 0 Å². The highest BCUT2D eigenvalue weighted by molar-refractivity contribution is 9.09. The minimum absolute atomic E-state index is 0.000278. The Labute approximate surface area is 126 Å². The number of nitrogens with zero attached hydrogens (tertiary/aromatic N) is 1. The Morgan fingerprint density at radius 2 is 1.80 bits per heavy atom. The second-order valence-electron chi connectivity index (χ2n) is 4.12. The molecule has 0 fully saturated rings. The average Bonchev–Trinajstić information content (AvgIpc) is 2.38. The van der Waals surface area contributed by atoms with Crippen molar-refractivity contribution in [2.45, 2.75) is 32.5 Å². The van der Waals surface area contributed by atoms with Crippen molar-refractivity contribution in [2.24, 2.45) is 0 Å². The first-order valence-electron chi connectivity index (χ1n) is 6.42. The summed E-state index contributed by atoms with van der Waals surface area (Å²) in [6, 6.07) is 1.63. The third-order valence-electron chi connectivity index (χ3n) is 2.64. The lowest BCUT2D eigenvalue weighted by molar-refractivity contribution is 0.0473. The summed E-state index contributed by atoms with van der Waals surface area (Å²) >= 11 is 3.44. The molecule has 5 nitrogen and oxygen atoms in total. The minimum Gasteiger partial charge on any atom is -0.462 e. The molecule has 0 saturated carbocycles. The first-order valence-corrected chi connectivity index (χ1v) is 7.33. The van der Waals surface area contributed by atoms with Crippen molar-refractivity contribution in [3.8, 4) is 0 Å². The number of pyridine rings is 1. The van der Waals surface area contributed by atoms with E-state index in [0.717, 1.165) is 5.56 Å². The molecule has 0 saturated heterocycles. The monoisotopic (exact) mass is 343 g/mol. The number of aromatic nitrogens is 1. The number of ether oxygens (including phenoxy) is 2. The van der Waals surface area contributed by atoms with Crippen LogP contribution in [0.2, 0.25) is 0 Å². The number of carbonyl (C=O) groups is 2. The van der Waals surface area contributed by atoms with E-state index in [1.54, 1.807) is 26.8 Å². The summed E-state index contributed by atoms with van der Waals surface area (Å²) in [5.41, 5.74) is 1.64. The van der Waals surface area contributed by atoms with Gasteiger partial charge in [-0.1, -0.05) is 15.9 Å². The summed E-state index contributed by atoms with van der Waals surface area (Å²) in [5, 5.41) is 0. The van der Waals surface area contributed by atoms with Crippen molar-refractivity contribution in [1.82, 2.24) is 4.98 Å². The zero-order valence-corrected chi connectivity index (χ0v) is 13.6. The fourth-order valence-electron chi connectivity index (χ4n) is 1.74. The van der Waals surface area contributed by atoms with Crippen LogP contribution in [0, 0.1) is 6.92 Å². The number of hydrogen-bond acceptors (Lipinski definition) is 5. The molecule has 0 aromatic carbocycles. The van der Waals surface area contributed by atoms with E-state index in [4.69, 9.17) is 9.47 Å². The third kappa shape index (κ3) is 3.79. The molecule has 1 aromatic rings. The van der Waals surface area contributed by atoms with Gasteiger partial charge in [0.15, 0.2) is 5.69 Å². The molecule has 0 amide bonds. The van der Waals surface area contributed by atoms with Crippen LogP contribution in [0.3, 0.4) is 0 Å². The zero-order valence-electron chi connectivity index (χ0n) is 12.0. The number of alkyl halides is 1. The molecule has 20 heavy (non-hydrogen) atoms. The Kier molecular flexibility index (Phi) is 6.13. The molecule has 0 spiro atoms. The maximum atomic E-state index is 12.0. The fraction of sp³-hybridized carbons (Fsp3) is 0.500. The molecule has 1 unspecified atom stereocenters. The van der Waals surface area contributed by atoms with E-state index in [2.05, 4.69) is 20.9 Å². The van der Waals surface area contributed by atoms with Crippen LogP contribution in [0.25, 0.3) is 0 Å². The standard InChI is InChI=1S/C14H18BrNO4/c1-5-19-13(17)11-7-10(8(3)15)9(4)16-12(11)14(18)20-6-2/h7-8H,5-6H2,1-4H3. The molecule has 110 valence electrons. The van der Waals surface area contributed by atoms with Gasteiger partial charge in [0.2, 0.25) is 0 Å². The molecule has 6 heteroatoms. The van der Waals surface area contributed by atoms with Crippen molar-refractivity contribution in [1.29, 1.82) is 0 Å². The summed E-state index contributed by atoms with van der Waals surface area (Å²) in [5.74, 6) is -1.19. The molecule has 1 heterocycles. The van der Waals surface area contributed by atoms with Gasteiger partial charge in [0, 0.05) is 10.5 Å². The Bertz CT molecular complexity index is 514. The van der Waals surface area contributed by atoms with Gasteiger partial charge < -0.3 is 9.47 Å². The van der Waals surface area contributed by atoms with Gasteiger partial charge >= 0.3 is 11.9 Å². The van der Waals surface area contributed by atoms with Crippen LogP contribution in [0.1, 0.15) is 57.7 Å². The van der Waals surface area contributed by atoms with Crippen molar-refractivity contribution >= 4 is 27.9 Å². The molecular weight excluding hydrogens is 326 g/mol. The SMILES string of the molecule is CCOC(=O)c1cc(C(C)Br)c(C)nc1C(=O)OCC. The van der Waals surface area contributed by atoms with Crippen LogP contribution in [0.4, 0.5) is 0 Å². The molecule has 1 rings (SSSR count). The first kappa shape index (κ1) is 16.6. The highest BCUT2D eigenvalue weighted by Crippen LogP contribution is 2.26. The third-order valence-corrected chi connectivity index (χ3v) is 3.14. The minimum atomic E-state index is -0.618. The largest absolute Gasteiger partial charge is 0.462 e. The average molecular weight is 344 g/mol. The number of halogens is 1. The van der Waals surface area contributed by atoms with Crippen LogP contribution in [-0.2, 0) is 9.47 Å². The first-order chi connectivity index (χ1) is 9.42. The fourth-order valence-corrected chi connectivity index (χ4v) is 2.21. The number of esters is 2. The van der Waals surface area contributed by atoms with E-state index in [0.29, 0.717) is 5.69 Å². The van der Waals surface area contributed by atoms with Crippen molar-refractivity contribution < 1.29 is 19.1 Å². The number of carbonyl (C=O) groups excluding carboxylic acids is 2. The van der Waals surface area contributed by atoms with Crippen LogP contribution < -0.4 is 0 Å². The molecule has 1 aromatic heterocycles. The smallest absolute Gasteiger partial charge is 0.357 e. The maximum absolute atomic E-state index is 12.0. The van der Waals surface area contributed by atoms with Crippen molar-refractivity contribution in [3.63, 3.8) is 0 Å². The van der Waals surface area contributed by atoms with Gasteiger partial charge in [-0.05, 0) is 39.3 Å². The molecule has 0 N–H and O–H groups in total. The Balaban J connectivity index is 3.37. The quantitative estimate of drug-likeness (QED) is 0.606. The van der Waals surface area contributed by atoms with E-state index < -0.39 is 11.9 Å². The van der Waals surface area contributed by atoms with Crippen LogP contribution in [0.5, 0.6) is 0 Å². The van der Waals surface area contributed by atoms with E-state index >= 15 is 0 Å². The highest BCUT2D eigenvalue weighted by atomic mass is 79.9. The number of aryl methyl sites for hydroxylation is 1. The maximum Gasteiger partial charge on any atom is 0.357 e. The number of rotatable bonds is 5. The molecule has 0 aliphatic heterocycles. The van der Waals surface area contributed by atoms with E-state index in [-0.39, 0.29) is 29.3 Å². The molecule has 0 radical (unpaired) electrons. The van der Waals surface area contributed by atoms with Gasteiger partial charge in [0.1, 0.15) is 0 Å². The van der Waals surface area contributed by atoms with Gasteiger partial charge in [-0.25, -0.2) is 14.6 Å². The summed E-state index contributed by atoms with van der Waals surface area (Å²) in [6.45, 7) is 7.56. The molecule has 0 aliphatic carbocycles. The lowest BCUT2D eigenvalue weighted by Crippen LogP contribution is -2.18. The second-order valence-corrected chi connectivity index (χ2v) is 5.49. The molecule has 0 bridgehead atoms. The van der Waals surface area contributed by atoms with E-state index in [9.17, 15) is 9.59 Å². The second kappa shape index (κ2) is 7.38. The summed E-state index contributed by atoms with van der Waals surface area (Å²) in [6.07, 6.45) is 0. The van der Waals surface area contributed by atoms with Gasteiger partial charge in [-0.2, -0.15) is 0 Å². The lowest BCUT2D eigenvalue weighted by atomic mass is 10.1. The highest BCUT2D eigenvalue weighted by Gasteiger charge is 2.24. The van der Waals surface area contributed by atoms with Gasteiger partial charge in [0.25, 0.3) is 0 Å². The zero-order chi connectivity index (χ0) is 15.3. The van der Waals surface area contributed by atoms with Crippen LogP contribution in [-0.4, -0.2) is 30.1 Å². The van der Waals surface area contributed by atoms with Crippen LogP contribution in [0.15, 0.2) is 6.07 Å². The summed E-state index contributed by atoms with van der Waals surface area (Å²) < 4.78 is 9.90. The van der Waals surface area contributed by atoms with Gasteiger partial charge in [-0.15, -0.1) is 0 Å². The number of hydrogen-bond donors (Lipinski definition) is 0. The predicted molar refractivity (Wildman–Crippen MR) is 78.2 cm³/mol. The Hall–Kier alpha value is -1.43. The molecule has 0 aliphatic rings. The molecule has 1 atom stereocenters. The Morgan fingerprint density at radius 1 is 1.25 bits per heavy atom. The summed E-state index contributed by atoms with van der Waals surface area (Å²) in [4.78, 5) is 28.1. The summed E-state index contributed by atoms with van der Waals surface area (Å²) in [7, 11) is 0.